The van der Waals surface area contributed by atoms with E-state index in [4.69, 9.17) is 9.47 Å². The Balaban J connectivity index is 1.22. The second-order valence-corrected chi connectivity index (χ2v) is 9.51. The van der Waals surface area contributed by atoms with Crippen LogP contribution in [0.15, 0.2) is 91.3 Å². The van der Waals surface area contributed by atoms with Crippen molar-refractivity contribution >= 4 is 34.2 Å². The molecular weight excluding hydrogens is 506 g/mol. The van der Waals surface area contributed by atoms with E-state index in [0.29, 0.717) is 41.2 Å². The summed E-state index contributed by atoms with van der Waals surface area (Å²) < 4.78 is 11.6. The molecule has 0 saturated carbocycles. The monoisotopic (exact) mass is 537 g/mol. The number of amides is 2. The molecule has 9 nitrogen and oxygen atoms in total. The number of nitrogens with zero attached hydrogens (tertiary/aromatic N) is 3. The van der Waals surface area contributed by atoms with Gasteiger partial charge in [-0.2, -0.15) is 0 Å². The van der Waals surface area contributed by atoms with Gasteiger partial charge in [0.1, 0.15) is 17.3 Å². The number of ether oxygens (including phenoxy) is 2. The van der Waals surface area contributed by atoms with Gasteiger partial charge in [0, 0.05) is 60.9 Å². The lowest BCUT2D eigenvalue weighted by Gasteiger charge is -2.30. The average Bonchev–Trinajstić information content (AvgIpc) is 2.99. The first-order valence-electron chi connectivity index (χ1n) is 13.2. The number of nitrogens with one attached hydrogen (secondary N) is 2. The maximum Gasteiger partial charge on any atom is 0.256 e. The summed E-state index contributed by atoms with van der Waals surface area (Å²) in [6, 6.07) is 19.9. The summed E-state index contributed by atoms with van der Waals surface area (Å²) in [7, 11) is 2.07. The summed E-state index contributed by atoms with van der Waals surface area (Å²) in [5.74, 6) is 1.17. The van der Waals surface area contributed by atoms with Gasteiger partial charge in [0.2, 0.25) is 5.91 Å². The van der Waals surface area contributed by atoms with E-state index in [1.54, 1.807) is 67.0 Å². The number of hydrogen-bond acceptors (Lipinski definition) is 7. The van der Waals surface area contributed by atoms with Crippen LogP contribution in [0, 0.1) is 0 Å². The minimum absolute atomic E-state index is 0.203. The van der Waals surface area contributed by atoms with Crippen molar-refractivity contribution in [2.75, 3.05) is 37.4 Å². The van der Waals surface area contributed by atoms with Crippen LogP contribution in [-0.2, 0) is 9.53 Å². The molecule has 0 aliphatic carbocycles. The van der Waals surface area contributed by atoms with E-state index >= 15 is 0 Å². The van der Waals surface area contributed by atoms with Gasteiger partial charge in [-0.3, -0.25) is 19.5 Å². The molecule has 0 bridgehead atoms. The van der Waals surface area contributed by atoms with Crippen molar-refractivity contribution in [3.8, 4) is 11.5 Å². The first-order valence-corrected chi connectivity index (χ1v) is 13.2. The van der Waals surface area contributed by atoms with Gasteiger partial charge in [0.25, 0.3) is 5.91 Å². The highest BCUT2D eigenvalue weighted by Crippen LogP contribution is 2.31. The third-order valence-electron chi connectivity index (χ3n) is 6.70. The van der Waals surface area contributed by atoms with E-state index in [-0.39, 0.29) is 11.8 Å². The predicted molar refractivity (Wildman–Crippen MR) is 155 cm³/mol. The maximum atomic E-state index is 12.6. The summed E-state index contributed by atoms with van der Waals surface area (Å²) in [4.78, 5) is 35.8. The lowest BCUT2D eigenvalue weighted by molar-refractivity contribution is -0.111. The topological polar surface area (TPSA) is 106 Å². The molecule has 1 fully saturated rings. The van der Waals surface area contributed by atoms with Crippen molar-refractivity contribution in [2.24, 2.45) is 0 Å². The van der Waals surface area contributed by atoms with E-state index in [1.807, 2.05) is 24.3 Å². The Kier molecular flexibility index (Phi) is 8.75. The first-order chi connectivity index (χ1) is 19.5. The van der Waals surface area contributed by atoms with Gasteiger partial charge in [0.05, 0.1) is 5.52 Å². The molecule has 1 saturated heterocycles. The molecule has 0 unspecified atom stereocenters. The molecule has 5 rings (SSSR count). The van der Waals surface area contributed by atoms with Crippen molar-refractivity contribution in [3.05, 3.63) is 96.8 Å². The van der Waals surface area contributed by atoms with Gasteiger partial charge in [-0.25, -0.2) is 4.98 Å². The van der Waals surface area contributed by atoms with E-state index in [1.165, 1.54) is 0 Å². The zero-order valence-corrected chi connectivity index (χ0v) is 22.2. The molecule has 2 amide bonds. The minimum atomic E-state index is -0.260. The molecule has 2 aromatic heterocycles. The molecule has 1 aliphatic rings. The Labute approximate surface area is 232 Å². The minimum Gasteiger partial charge on any atom is -0.457 e. The van der Waals surface area contributed by atoms with Crippen LogP contribution in [-0.4, -0.2) is 59.5 Å². The first kappa shape index (κ1) is 27.0. The van der Waals surface area contributed by atoms with Gasteiger partial charge in [-0.05, 0) is 80.6 Å². The number of fused-ring (bicyclic) bond motifs is 1. The normalized spacial score (nSPS) is 13.9. The zero-order chi connectivity index (χ0) is 27.7. The van der Waals surface area contributed by atoms with Crippen LogP contribution >= 0.6 is 0 Å². The van der Waals surface area contributed by atoms with Gasteiger partial charge in [-0.1, -0.05) is 12.1 Å². The third-order valence-corrected chi connectivity index (χ3v) is 6.70. The molecule has 204 valence electrons. The summed E-state index contributed by atoms with van der Waals surface area (Å²) >= 11 is 0. The summed E-state index contributed by atoms with van der Waals surface area (Å²) in [5.41, 5.74) is 1.85. The highest BCUT2D eigenvalue weighted by Gasteiger charge is 2.17. The Morgan fingerprint density at radius 1 is 1.00 bits per heavy atom. The van der Waals surface area contributed by atoms with Crippen LogP contribution in [0.25, 0.3) is 10.9 Å². The molecule has 2 N–H and O–H groups in total. The van der Waals surface area contributed by atoms with Crippen LogP contribution in [0.5, 0.6) is 11.5 Å². The van der Waals surface area contributed by atoms with Crippen molar-refractivity contribution in [1.29, 1.82) is 0 Å². The van der Waals surface area contributed by atoms with Gasteiger partial charge >= 0.3 is 0 Å². The third kappa shape index (κ3) is 7.07. The summed E-state index contributed by atoms with van der Waals surface area (Å²) in [5, 5.41) is 6.43. The molecular formula is C31H31N5O4. The lowest BCUT2D eigenvalue weighted by atomic mass is 10.1. The summed E-state index contributed by atoms with van der Waals surface area (Å²) in [6.45, 7) is 2.27. The second kappa shape index (κ2) is 13.0. The summed E-state index contributed by atoms with van der Waals surface area (Å²) in [6.07, 6.45) is 8.75. The number of pyridine rings is 2. The maximum absolute atomic E-state index is 12.6. The predicted octanol–water partition coefficient (Wildman–Crippen LogP) is 5.28. The number of benzene rings is 2. The fourth-order valence-electron chi connectivity index (χ4n) is 4.50. The van der Waals surface area contributed by atoms with Crippen LogP contribution in [0.1, 0.15) is 23.2 Å². The molecule has 2 aromatic carbocycles. The van der Waals surface area contributed by atoms with E-state index in [0.717, 1.165) is 37.0 Å². The number of carbonyl (C=O) groups excluding carboxylic acids is 2. The van der Waals surface area contributed by atoms with Crippen molar-refractivity contribution in [2.45, 2.75) is 18.9 Å². The molecule has 3 heterocycles. The number of anilines is 2. The van der Waals surface area contributed by atoms with E-state index < -0.39 is 0 Å². The number of aromatic nitrogens is 2. The number of rotatable bonds is 9. The van der Waals surface area contributed by atoms with E-state index in [2.05, 4.69) is 32.5 Å². The zero-order valence-electron chi connectivity index (χ0n) is 22.2. The largest absolute Gasteiger partial charge is 0.457 e. The van der Waals surface area contributed by atoms with Crippen LogP contribution in [0.3, 0.4) is 0 Å². The number of likely N-dealkylation sites (N-methyl/N-ethyl adjacent to an activating group) is 1. The number of hydrogen-bond donors (Lipinski definition) is 2. The SMILES string of the molecule is CN(C/C=C/C(=O)Nc1ccc2nccc(Oc3ccc(C(=O)Nc4ccccn4)cc3)c2c1)C1CCOCC1. The van der Waals surface area contributed by atoms with Crippen molar-refractivity contribution in [3.63, 3.8) is 0 Å². The molecule has 0 radical (unpaired) electrons. The smallest absolute Gasteiger partial charge is 0.256 e. The van der Waals surface area contributed by atoms with Gasteiger partial charge < -0.3 is 20.1 Å². The standard InChI is InChI=1S/C31H31N5O4/c1-36(24-14-19-39-20-15-24)18-4-6-30(37)34-23-9-12-27-26(21-23)28(13-17-32-27)40-25-10-7-22(8-11-25)31(38)35-29-5-2-3-16-33-29/h2-13,16-17,21,24H,14-15,18-20H2,1H3,(H,34,37)(H,33,35,38)/b6-4+. The van der Waals surface area contributed by atoms with Crippen molar-refractivity contribution < 1.29 is 19.1 Å². The fraction of sp³-hybridized carbons (Fsp3) is 0.226. The Hall–Kier alpha value is -4.60. The quantitative estimate of drug-likeness (QED) is 0.280. The molecule has 0 spiro atoms. The highest BCUT2D eigenvalue weighted by molar-refractivity contribution is 6.04. The molecule has 0 atom stereocenters. The van der Waals surface area contributed by atoms with Crippen LogP contribution < -0.4 is 15.4 Å². The Morgan fingerprint density at radius 2 is 1.82 bits per heavy atom. The van der Waals surface area contributed by atoms with Gasteiger partial charge in [0.15, 0.2) is 0 Å². The lowest BCUT2D eigenvalue weighted by Crippen LogP contribution is -2.36. The second-order valence-electron chi connectivity index (χ2n) is 9.51. The fourth-order valence-corrected chi connectivity index (χ4v) is 4.50. The molecule has 40 heavy (non-hydrogen) atoms. The van der Waals surface area contributed by atoms with Gasteiger partial charge in [-0.15, -0.1) is 0 Å². The highest BCUT2D eigenvalue weighted by atomic mass is 16.5. The van der Waals surface area contributed by atoms with Crippen LogP contribution in [0.2, 0.25) is 0 Å². The van der Waals surface area contributed by atoms with Crippen molar-refractivity contribution in [1.82, 2.24) is 14.9 Å². The Bertz CT molecular complexity index is 1490. The van der Waals surface area contributed by atoms with Crippen LogP contribution in [0.4, 0.5) is 11.5 Å². The average molecular weight is 538 g/mol. The molecule has 4 aromatic rings. The molecule has 9 heteroatoms. The Morgan fingerprint density at radius 3 is 2.60 bits per heavy atom. The molecule has 1 aliphatic heterocycles. The van der Waals surface area contributed by atoms with E-state index in [9.17, 15) is 9.59 Å². The number of carbonyl (C=O) groups is 2.